The molecule has 2 amide bonds. The highest BCUT2D eigenvalue weighted by Crippen LogP contribution is 2.31. The fraction of sp³-hybridized carbons (Fsp3) is 0.192. The average molecular weight is 476 g/mol. The first-order valence-corrected chi connectivity index (χ1v) is 12.7. The van der Waals surface area contributed by atoms with Gasteiger partial charge in [-0.15, -0.1) is 11.3 Å². The number of hydrogen-bond donors (Lipinski definition) is 2. The maximum Gasteiger partial charge on any atom is 0.234 e. The van der Waals surface area contributed by atoms with E-state index in [1.807, 2.05) is 72.8 Å². The van der Waals surface area contributed by atoms with Crippen LogP contribution < -0.4 is 10.6 Å². The number of benzene rings is 3. The molecule has 2 N–H and O–H groups in total. The standard InChI is InChI=1S/C26H25N3O2S2/c1-2-18-8-11-20(12-9-18)27-25(31)17-32-26-29-22-14-13-21(16-23(22)33-26)28-24(30)15-10-19-6-4-3-5-7-19/h3-9,11-14,16H,2,10,15,17H2,1H3,(H,27,31)(H,28,30). The highest BCUT2D eigenvalue weighted by atomic mass is 32.2. The Balaban J connectivity index is 1.29. The van der Waals surface area contributed by atoms with E-state index < -0.39 is 0 Å². The van der Waals surface area contributed by atoms with Crippen molar-refractivity contribution in [1.29, 1.82) is 0 Å². The van der Waals surface area contributed by atoms with Crippen molar-refractivity contribution in [2.45, 2.75) is 30.5 Å². The van der Waals surface area contributed by atoms with Crippen LogP contribution in [0.15, 0.2) is 77.1 Å². The number of hydrogen-bond acceptors (Lipinski definition) is 5. The third kappa shape index (κ3) is 6.66. The lowest BCUT2D eigenvalue weighted by molar-refractivity contribution is -0.116. The SMILES string of the molecule is CCc1ccc(NC(=O)CSc2nc3ccc(NC(=O)CCc4ccccc4)cc3s2)cc1. The van der Waals surface area contributed by atoms with Crippen LogP contribution in [-0.4, -0.2) is 22.6 Å². The fourth-order valence-electron chi connectivity index (χ4n) is 3.32. The fourth-order valence-corrected chi connectivity index (χ4v) is 5.22. The number of nitrogens with one attached hydrogen (secondary N) is 2. The molecule has 5 nitrogen and oxygen atoms in total. The van der Waals surface area contributed by atoms with Crippen molar-refractivity contribution in [1.82, 2.24) is 4.98 Å². The van der Waals surface area contributed by atoms with Crippen LogP contribution in [0.1, 0.15) is 24.5 Å². The molecular weight excluding hydrogens is 450 g/mol. The topological polar surface area (TPSA) is 71.1 Å². The van der Waals surface area contributed by atoms with Gasteiger partial charge in [0.25, 0.3) is 0 Å². The van der Waals surface area contributed by atoms with Crippen molar-refractivity contribution < 1.29 is 9.59 Å². The molecular formula is C26H25N3O2S2. The molecule has 0 saturated carbocycles. The number of aryl methyl sites for hydroxylation is 2. The first kappa shape index (κ1) is 23.0. The summed E-state index contributed by atoms with van der Waals surface area (Å²) < 4.78 is 1.81. The van der Waals surface area contributed by atoms with E-state index in [2.05, 4.69) is 22.5 Å². The Bertz CT molecular complexity index is 1240. The number of rotatable bonds is 9. The van der Waals surface area contributed by atoms with Crippen molar-refractivity contribution >= 4 is 56.5 Å². The maximum absolute atomic E-state index is 12.3. The number of carbonyl (C=O) groups is 2. The highest BCUT2D eigenvalue weighted by Gasteiger charge is 2.10. The van der Waals surface area contributed by atoms with Gasteiger partial charge in [-0.2, -0.15) is 0 Å². The molecule has 0 aliphatic heterocycles. The summed E-state index contributed by atoms with van der Waals surface area (Å²) in [4.78, 5) is 29.2. The van der Waals surface area contributed by atoms with Crippen LogP contribution in [0.4, 0.5) is 11.4 Å². The smallest absolute Gasteiger partial charge is 0.234 e. The number of anilines is 2. The summed E-state index contributed by atoms with van der Waals surface area (Å²) in [5.74, 6) is 0.217. The van der Waals surface area contributed by atoms with Gasteiger partial charge < -0.3 is 10.6 Å². The van der Waals surface area contributed by atoms with E-state index in [4.69, 9.17) is 0 Å². The number of amides is 2. The molecule has 0 unspecified atom stereocenters. The average Bonchev–Trinajstić information content (AvgIpc) is 3.25. The van der Waals surface area contributed by atoms with Crippen LogP contribution in [0.25, 0.3) is 10.2 Å². The minimum absolute atomic E-state index is 0.0130. The van der Waals surface area contributed by atoms with Gasteiger partial charge in [-0.3, -0.25) is 9.59 Å². The summed E-state index contributed by atoms with van der Waals surface area (Å²) >= 11 is 2.94. The highest BCUT2D eigenvalue weighted by molar-refractivity contribution is 8.01. The van der Waals surface area contributed by atoms with Crippen molar-refractivity contribution in [3.05, 3.63) is 83.9 Å². The zero-order valence-corrected chi connectivity index (χ0v) is 20.0. The second-order valence-corrected chi connectivity index (χ2v) is 9.84. The van der Waals surface area contributed by atoms with E-state index in [0.29, 0.717) is 18.6 Å². The molecule has 7 heteroatoms. The van der Waals surface area contributed by atoms with Crippen LogP contribution in [0, 0.1) is 0 Å². The monoisotopic (exact) mass is 475 g/mol. The molecule has 4 rings (SSSR count). The van der Waals surface area contributed by atoms with Gasteiger partial charge in [0.15, 0.2) is 4.34 Å². The van der Waals surface area contributed by atoms with Gasteiger partial charge in [0.2, 0.25) is 11.8 Å². The normalized spacial score (nSPS) is 10.8. The van der Waals surface area contributed by atoms with Gasteiger partial charge in [0, 0.05) is 17.8 Å². The van der Waals surface area contributed by atoms with E-state index >= 15 is 0 Å². The zero-order valence-electron chi connectivity index (χ0n) is 18.3. The van der Waals surface area contributed by atoms with Crippen LogP contribution in [-0.2, 0) is 22.4 Å². The quantitative estimate of drug-likeness (QED) is 0.284. The molecule has 0 atom stereocenters. The van der Waals surface area contributed by atoms with Crippen LogP contribution in [0.2, 0.25) is 0 Å². The van der Waals surface area contributed by atoms with E-state index in [1.165, 1.54) is 28.7 Å². The second kappa shape index (κ2) is 11.1. The molecule has 33 heavy (non-hydrogen) atoms. The molecule has 3 aromatic carbocycles. The molecule has 4 aromatic rings. The van der Waals surface area contributed by atoms with Gasteiger partial charge in [-0.1, -0.05) is 61.2 Å². The zero-order chi connectivity index (χ0) is 23.0. The maximum atomic E-state index is 12.3. The Labute approximate surface area is 201 Å². The van der Waals surface area contributed by atoms with E-state index in [1.54, 1.807) is 0 Å². The first-order valence-electron chi connectivity index (χ1n) is 10.8. The van der Waals surface area contributed by atoms with Crippen molar-refractivity contribution in [3.8, 4) is 0 Å². The number of thioether (sulfide) groups is 1. The molecule has 0 aliphatic carbocycles. The van der Waals surface area contributed by atoms with Crippen molar-refractivity contribution in [2.24, 2.45) is 0 Å². The molecule has 0 bridgehead atoms. The summed E-state index contributed by atoms with van der Waals surface area (Å²) in [7, 11) is 0. The number of thiazole rings is 1. The Morgan fingerprint density at radius 1 is 0.879 bits per heavy atom. The lowest BCUT2D eigenvalue weighted by Gasteiger charge is -2.05. The van der Waals surface area contributed by atoms with Gasteiger partial charge >= 0.3 is 0 Å². The third-order valence-corrected chi connectivity index (χ3v) is 7.27. The van der Waals surface area contributed by atoms with Gasteiger partial charge in [-0.05, 0) is 54.3 Å². The molecule has 0 saturated heterocycles. The summed E-state index contributed by atoms with van der Waals surface area (Å²) in [5, 5.41) is 5.89. The minimum Gasteiger partial charge on any atom is -0.326 e. The van der Waals surface area contributed by atoms with Crippen LogP contribution in [0.3, 0.4) is 0 Å². The van der Waals surface area contributed by atoms with Gasteiger partial charge in [0.1, 0.15) is 0 Å². The molecule has 1 aromatic heterocycles. The molecule has 1 heterocycles. The Hall–Kier alpha value is -3.16. The molecule has 168 valence electrons. The van der Waals surface area contributed by atoms with E-state index in [0.717, 1.165) is 37.9 Å². The van der Waals surface area contributed by atoms with E-state index in [9.17, 15) is 9.59 Å². The Kier molecular flexibility index (Phi) is 7.75. The Morgan fingerprint density at radius 2 is 1.61 bits per heavy atom. The summed E-state index contributed by atoms with van der Waals surface area (Å²) in [6.07, 6.45) is 2.12. The molecule has 0 radical (unpaired) electrons. The summed E-state index contributed by atoms with van der Waals surface area (Å²) in [6, 6.07) is 23.6. The van der Waals surface area contributed by atoms with Gasteiger partial charge in [-0.25, -0.2) is 4.98 Å². The number of carbonyl (C=O) groups excluding carboxylic acids is 2. The summed E-state index contributed by atoms with van der Waals surface area (Å²) in [6.45, 7) is 2.10. The van der Waals surface area contributed by atoms with Gasteiger partial charge in [0.05, 0.1) is 16.0 Å². The lowest BCUT2D eigenvalue weighted by Crippen LogP contribution is -2.13. The predicted octanol–water partition coefficient (Wildman–Crippen LogP) is 6.16. The predicted molar refractivity (Wildman–Crippen MR) is 138 cm³/mol. The van der Waals surface area contributed by atoms with Crippen molar-refractivity contribution in [3.63, 3.8) is 0 Å². The largest absolute Gasteiger partial charge is 0.326 e. The number of aromatic nitrogens is 1. The molecule has 0 fully saturated rings. The number of fused-ring (bicyclic) bond motifs is 1. The number of nitrogens with zero attached hydrogens (tertiary/aromatic N) is 1. The van der Waals surface area contributed by atoms with Crippen LogP contribution >= 0.6 is 23.1 Å². The third-order valence-electron chi connectivity index (χ3n) is 5.11. The molecule has 0 spiro atoms. The minimum atomic E-state index is -0.0603. The Morgan fingerprint density at radius 3 is 2.36 bits per heavy atom. The summed E-state index contributed by atoms with van der Waals surface area (Å²) in [5.41, 5.74) is 4.81. The van der Waals surface area contributed by atoms with E-state index in [-0.39, 0.29) is 11.8 Å². The first-order chi connectivity index (χ1) is 16.1. The lowest BCUT2D eigenvalue weighted by atomic mass is 10.1. The molecule has 0 aliphatic rings. The van der Waals surface area contributed by atoms with Crippen molar-refractivity contribution in [2.75, 3.05) is 16.4 Å². The second-order valence-electron chi connectivity index (χ2n) is 7.58. The van der Waals surface area contributed by atoms with Crippen LogP contribution in [0.5, 0.6) is 0 Å².